The van der Waals surface area contributed by atoms with E-state index in [1.807, 2.05) is 26.1 Å². The Kier molecular flexibility index (Phi) is 7.33. The van der Waals surface area contributed by atoms with Crippen LogP contribution in [0, 0.1) is 18.8 Å². The van der Waals surface area contributed by atoms with Crippen LogP contribution in [0.2, 0.25) is 0 Å². The van der Waals surface area contributed by atoms with Crippen molar-refractivity contribution in [3.05, 3.63) is 47.8 Å². The van der Waals surface area contributed by atoms with Crippen LogP contribution in [-0.2, 0) is 13.6 Å². The molecule has 43 heavy (non-hydrogen) atoms. The number of rotatable bonds is 3. The fraction of sp³-hybridized carbons (Fsp3) is 0.515. The quantitative estimate of drug-likeness (QED) is 0.358. The highest BCUT2D eigenvalue weighted by Crippen LogP contribution is 2.41. The van der Waals surface area contributed by atoms with Crippen LogP contribution in [0.4, 0.5) is 11.6 Å². The maximum absolute atomic E-state index is 13.8. The van der Waals surface area contributed by atoms with Crippen molar-refractivity contribution < 1.29 is 9.53 Å². The number of aromatic nitrogens is 5. The molecule has 5 heterocycles. The smallest absolute Gasteiger partial charge is 0.258 e. The Balaban J connectivity index is 1.27. The Bertz CT molecular complexity index is 1650. The van der Waals surface area contributed by atoms with Gasteiger partial charge in [-0.25, -0.2) is 9.67 Å². The summed E-state index contributed by atoms with van der Waals surface area (Å²) in [6, 6.07) is 10.8. The zero-order valence-corrected chi connectivity index (χ0v) is 25.7. The van der Waals surface area contributed by atoms with E-state index in [1.54, 1.807) is 10.9 Å². The summed E-state index contributed by atoms with van der Waals surface area (Å²) in [7, 11) is 6.27. The molecule has 2 aliphatic heterocycles. The van der Waals surface area contributed by atoms with Gasteiger partial charge < -0.3 is 19.1 Å². The zero-order chi connectivity index (χ0) is 29.7. The first-order valence-electron chi connectivity index (χ1n) is 15.7. The zero-order valence-electron chi connectivity index (χ0n) is 25.7. The molecular formula is C33H42N8O2. The molecule has 0 spiro atoms. The first-order chi connectivity index (χ1) is 20.8. The number of carbonyl (C=O) groups is 1. The monoisotopic (exact) mass is 582 g/mol. The van der Waals surface area contributed by atoms with Crippen LogP contribution in [0.1, 0.15) is 54.6 Å². The molecule has 3 aromatic heterocycles. The van der Waals surface area contributed by atoms with Crippen LogP contribution in [0.25, 0.3) is 22.3 Å². The number of nitrogens with one attached hydrogen (secondary N) is 1. The van der Waals surface area contributed by atoms with Crippen molar-refractivity contribution in [3.8, 4) is 17.1 Å². The Morgan fingerprint density at radius 3 is 2.60 bits per heavy atom. The molecule has 226 valence electrons. The highest BCUT2D eigenvalue weighted by molar-refractivity contribution is 6.05. The number of likely N-dealkylation sites (tertiary alicyclic amines) is 1. The molecule has 0 radical (unpaired) electrons. The highest BCUT2D eigenvalue weighted by atomic mass is 16.5. The summed E-state index contributed by atoms with van der Waals surface area (Å²) in [5.41, 5.74) is 5.91. The van der Waals surface area contributed by atoms with Crippen molar-refractivity contribution in [2.45, 2.75) is 58.0 Å². The number of piperidine rings is 1. The van der Waals surface area contributed by atoms with Gasteiger partial charge in [-0.05, 0) is 108 Å². The van der Waals surface area contributed by atoms with E-state index in [2.05, 4.69) is 57.1 Å². The van der Waals surface area contributed by atoms with Gasteiger partial charge in [0.15, 0.2) is 0 Å². The van der Waals surface area contributed by atoms with Crippen LogP contribution < -0.4 is 15.0 Å². The second kappa shape index (κ2) is 11.3. The Hall–Kier alpha value is -3.92. The fourth-order valence-corrected chi connectivity index (χ4v) is 6.89. The average Bonchev–Trinajstić information content (AvgIpc) is 3.70. The molecule has 1 aromatic carbocycles. The van der Waals surface area contributed by atoms with Gasteiger partial charge in [-0.15, -0.1) is 0 Å². The van der Waals surface area contributed by atoms with Gasteiger partial charge in [0.25, 0.3) is 5.91 Å². The second-order valence-corrected chi connectivity index (χ2v) is 12.8. The van der Waals surface area contributed by atoms with Crippen molar-refractivity contribution in [1.29, 1.82) is 0 Å². The van der Waals surface area contributed by atoms with Gasteiger partial charge in [0.05, 0.1) is 35.1 Å². The van der Waals surface area contributed by atoms with E-state index < -0.39 is 0 Å². The van der Waals surface area contributed by atoms with E-state index >= 15 is 0 Å². The average molecular weight is 583 g/mol. The van der Waals surface area contributed by atoms with E-state index in [4.69, 9.17) is 14.7 Å². The molecule has 2 bridgehead atoms. The van der Waals surface area contributed by atoms with E-state index in [0.717, 1.165) is 67.6 Å². The Labute approximate surface area is 253 Å². The minimum Gasteiger partial charge on any atom is -0.477 e. The minimum atomic E-state index is -0.198. The summed E-state index contributed by atoms with van der Waals surface area (Å²) < 4.78 is 10.3. The van der Waals surface area contributed by atoms with Gasteiger partial charge >= 0.3 is 0 Å². The van der Waals surface area contributed by atoms with Crippen molar-refractivity contribution >= 4 is 28.6 Å². The molecule has 10 nitrogen and oxygen atoms in total. The summed E-state index contributed by atoms with van der Waals surface area (Å²) in [6.07, 6.45) is 8.58. The Morgan fingerprint density at radius 1 is 1.00 bits per heavy atom. The summed E-state index contributed by atoms with van der Waals surface area (Å²) in [5, 5.41) is 7.63. The predicted octanol–water partition coefficient (Wildman–Crippen LogP) is 5.12. The van der Waals surface area contributed by atoms with E-state index in [0.29, 0.717) is 47.6 Å². The molecule has 1 saturated heterocycles. The summed E-state index contributed by atoms with van der Waals surface area (Å²) in [4.78, 5) is 28.4. The number of pyridine rings is 1. The molecule has 1 amide bonds. The van der Waals surface area contributed by atoms with Crippen LogP contribution >= 0.6 is 0 Å². The molecule has 3 aliphatic rings. The number of fused-ring (bicyclic) bond motifs is 7. The maximum Gasteiger partial charge on any atom is 0.258 e. The number of amides is 1. The van der Waals surface area contributed by atoms with Crippen LogP contribution in [0.3, 0.4) is 0 Å². The highest BCUT2D eigenvalue weighted by Gasteiger charge is 2.32. The number of hydrogen-bond donors (Lipinski definition) is 1. The lowest BCUT2D eigenvalue weighted by molar-refractivity contribution is 0.102. The number of imidazole rings is 1. The van der Waals surface area contributed by atoms with Gasteiger partial charge in [-0.1, -0.05) is 0 Å². The molecule has 1 N–H and O–H groups in total. The number of nitrogens with zero attached hydrogens (tertiary/aromatic N) is 7. The van der Waals surface area contributed by atoms with E-state index in [-0.39, 0.29) is 5.91 Å². The first kappa shape index (κ1) is 27.9. The molecule has 1 saturated carbocycles. The van der Waals surface area contributed by atoms with Crippen molar-refractivity contribution in [1.82, 2.24) is 29.2 Å². The molecule has 1 aliphatic carbocycles. The molecule has 2 fully saturated rings. The largest absolute Gasteiger partial charge is 0.477 e. The molecule has 7 rings (SSSR count). The molecule has 1 unspecified atom stereocenters. The van der Waals surface area contributed by atoms with E-state index in [9.17, 15) is 4.79 Å². The fourth-order valence-electron chi connectivity index (χ4n) is 6.89. The third kappa shape index (κ3) is 5.60. The van der Waals surface area contributed by atoms with Gasteiger partial charge in [0, 0.05) is 43.6 Å². The third-order valence-corrected chi connectivity index (χ3v) is 9.64. The molecule has 10 heteroatoms. The molecule has 4 aromatic rings. The topological polar surface area (TPSA) is 93.3 Å². The SMILES string of the molecule is Cc1cc2cc(n1)-c1cnn(C)c1OCCCC(C1CC1)Cn1c(nc3cc(N(C)C4CCN(C)CC4)ccc31)NC2=O. The number of ether oxygens (including phenoxy) is 1. The van der Waals surface area contributed by atoms with Crippen molar-refractivity contribution in [3.63, 3.8) is 0 Å². The van der Waals surface area contributed by atoms with Crippen LogP contribution in [0.5, 0.6) is 5.88 Å². The normalized spacial score (nSPS) is 20.5. The second-order valence-electron chi connectivity index (χ2n) is 12.8. The van der Waals surface area contributed by atoms with Crippen LogP contribution in [-0.4, -0.2) is 75.0 Å². The van der Waals surface area contributed by atoms with Gasteiger partial charge in [0.1, 0.15) is 0 Å². The first-order valence-corrected chi connectivity index (χ1v) is 15.7. The number of carbonyl (C=O) groups excluding carboxylic acids is 1. The summed E-state index contributed by atoms with van der Waals surface area (Å²) >= 11 is 0. The lowest BCUT2D eigenvalue weighted by Crippen LogP contribution is -2.41. The number of benzene rings is 1. The third-order valence-electron chi connectivity index (χ3n) is 9.64. The Morgan fingerprint density at radius 2 is 1.81 bits per heavy atom. The maximum atomic E-state index is 13.8. The van der Waals surface area contributed by atoms with E-state index in [1.165, 1.54) is 18.5 Å². The standard InChI is InChI=1S/C33H42N8O2/c1-21-16-24-17-28(35-21)27-19-34-40(4)32(27)43-15-5-6-23(22-7-8-22)20-41-30-10-9-26(18-29(30)36-33(41)37-31(24)42)39(3)25-11-13-38(2)14-12-25/h9-10,16-19,22-23,25H,5-8,11-15,20H2,1-4H3,(H,36,37,42). The molecular weight excluding hydrogens is 540 g/mol. The minimum absolute atomic E-state index is 0.198. The molecule has 1 atom stereocenters. The summed E-state index contributed by atoms with van der Waals surface area (Å²) in [6.45, 7) is 5.57. The van der Waals surface area contributed by atoms with Gasteiger partial charge in [-0.2, -0.15) is 5.10 Å². The number of aryl methyl sites for hydroxylation is 2. The number of hydrogen-bond acceptors (Lipinski definition) is 7. The van der Waals surface area contributed by atoms with Crippen molar-refractivity contribution in [2.24, 2.45) is 18.9 Å². The van der Waals surface area contributed by atoms with Gasteiger partial charge in [0.2, 0.25) is 11.8 Å². The lowest BCUT2D eigenvalue weighted by atomic mass is 9.97. The van der Waals surface area contributed by atoms with Gasteiger partial charge in [-0.3, -0.25) is 15.1 Å². The predicted molar refractivity (Wildman–Crippen MR) is 169 cm³/mol. The lowest BCUT2D eigenvalue weighted by Gasteiger charge is -2.36. The van der Waals surface area contributed by atoms with Crippen molar-refractivity contribution in [2.75, 3.05) is 44.0 Å². The van der Waals surface area contributed by atoms with Crippen LogP contribution in [0.15, 0.2) is 36.5 Å². The summed E-state index contributed by atoms with van der Waals surface area (Å²) in [5.74, 6) is 2.27. The number of anilines is 2.